The largest absolute Gasteiger partial charge is 0.490 e. The minimum atomic E-state index is 0.171. The molecule has 0 aliphatic heterocycles. The molecule has 0 spiro atoms. The van der Waals surface area contributed by atoms with E-state index >= 15 is 0 Å². The summed E-state index contributed by atoms with van der Waals surface area (Å²) in [6, 6.07) is 7.82. The summed E-state index contributed by atoms with van der Waals surface area (Å²) in [5.74, 6) is 1.65. The zero-order valence-electron chi connectivity index (χ0n) is 10.8. The summed E-state index contributed by atoms with van der Waals surface area (Å²) in [5.41, 5.74) is 5.49. The summed E-state index contributed by atoms with van der Waals surface area (Å²) in [7, 11) is 0. The molecule has 3 heteroatoms. The summed E-state index contributed by atoms with van der Waals surface area (Å²) in [6.45, 7) is 5.58. The summed E-state index contributed by atoms with van der Waals surface area (Å²) in [4.78, 5) is 0. The summed E-state index contributed by atoms with van der Waals surface area (Å²) < 4.78 is 11.5. The van der Waals surface area contributed by atoms with E-state index in [1.807, 2.05) is 24.3 Å². The first-order valence-electron chi connectivity index (χ1n) is 6.36. The van der Waals surface area contributed by atoms with Crippen molar-refractivity contribution in [3.63, 3.8) is 0 Å². The van der Waals surface area contributed by atoms with Gasteiger partial charge in [-0.3, -0.25) is 0 Å². The van der Waals surface area contributed by atoms with Gasteiger partial charge in [-0.25, -0.2) is 0 Å². The maximum atomic E-state index is 5.86. The predicted octanol–water partition coefficient (Wildman–Crippen LogP) is 2.98. The minimum absolute atomic E-state index is 0.171. The first-order chi connectivity index (χ1) is 8.27. The molecular weight excluding hydrogens is 214 g/mol. The summed E-state index contributed by atoms with van der Waals surface area (Å²) in [5, 5.41) is 0. The Bertz CT molecular complexity index is 315. The number of rotatable bonds is 8. The second kappa shape index (κ2) is 7.96. The third-order valence-corrected chi connectivity index (χ3v) is 2.45. The minimum Gasteiger partial charge on any atom is -0.490 e. The zero-order valence-corrected chi connectivity index (χ0v) is 10.8. The number of ether oxygens (including phenoxy) is 2. The molecule has 1 unspecified atom stereocenters. The van der Waals surface area contributed by atoms with Gasteiger partial charge < -0.3 is 15.2 Å². The number of hydrogen-bond donors (Lipinski definition) is 1. The molecule has 0 aromatic heterocycles. The third-order valence-electron chi connectivity index (χ3n) is 2.45. The van der Waals surface area contributed by atoms with Crippen LogP contribution in [0.25, 0.3) is 0 Å². The van der Waals surface area contributed by atoms with Crippen LogP contribution in [0.3, 0.4) is 0 Å². The van der Waals surface area contributed by atoms with E-state index in [-0.39, 0.29) is 6.10 Å². The zero-order chi connectivity index (χ0) is 12.5. The lowest BCUT2D eigenvalue weighted by Gasteiger charge is -2.17. The van der Waals surface area contributed by atoms with E-state index in [2.05, 4.69) is 13.8 Å². The number of para-hydroxylation sites is 2. The topological polar surface area (TPSA) is 44.5 Å². The van der Waals surface area contributed by atoms with E-state index in [0.717, 1.165) is 37.4 Å². The maximum absolute atomic E-state index is 5.86. The van der Waals surface area contributed by atoms with Crippen LogP contribution in [-0.4, -0.2) is 19.3 Å². The Hall–Kier alpha value is -1.22. The molecule has 17 heavy (non-hydrogen) atoms. The van der Waals surface area contributed by atoms with Gasteiger partial charge in [0.25, 0.3) is 0 Å². The van der Waals surface area contributed by atoms with Gasteiger partial charge in [-0.2, -0.15) is 0 Å². The highest BCUT2D eigenvalue weighted by molar-refractivity contribution is 5.39. The van der Waals surface area contributed by atoms with Crippen molar-refractivity contribution in [1.29, 1.82) is 0 Å². The first kappa shape index (κ1) is 13.8. The van der Waals surface area contributed by atoms with Gasteiger partial charge >= 0.3 is 0 Å². The average molecular weight is 237 g/mol. The van der Waals surface area contributed by atoms with Crippen molar-refractivity contribution in [3.8, 4) is 11.5 Å². The van der Waals surface area contributed by atoms with Crippen LogP contribution >= 0.6 is 0 Å². The van der Waals surface area contributed by atoms with E-state index in [9.17, 15) is 0 Å². The monoisotopic (exact) mass is 237 g/mol. The first-order valence-corrected chi connectivity index (χ1v) is 6.36. The smallest absolute Gasteiger partial charge is 0.161 e. The molecule has 0 saturated heterocycles. The van der Waals surface area contributed by atoms with Gasteiger partial charge in [-0.05, 0) is 44.9 Å². The van der Waals surface area contributed by atoms with Crippen LogP contribution in [0.2, 0.25) is 0 Å². The highest BCUT2D eigenvalue weighted by Gasteiger charge is 2.08. The molecule has 1 atom stereocenters. The predicted molar refractivity (Wildman–Crippen MR) is 70.6 cm³/mol. The second-order valence-electron chi connectivity index (χ2n) is 4.15. The van der Waals surface area contributed by atoms with E-state index < -0.39 is 0 Å². The fourth-order valence-electron chi connectivity index (χ4n) is 1.56. The molecule has 0 bridgehead atoms. The third kappa shape index (κ3) is 5.09. The Balaban J connectivity index is 2.56. The quantitative estimate of drug-likeness (QED) is 0.756. The molecule has 96 valence electrons. The number of benzene rings is 1. The van der Waals surface area contributed by atoms with Crippen molar-refractivity contribution in [1.82, 2.24) is 0 Å². The molecule has 1 rings (SSSR count). The molecule has 0 radical (unpaired) electrons. The molecule has 1 aromatic rings. The Kier molecular flexibility index (Phi) is 6.48. The highest BCUT2D eigenvalue weighted by atomic mass is 16.5. The van der Waals surface area contributed by atoms with Crippen molar-refractivity contribution in [2.45, 2.75) is 39.2 Å². The number of hydrogen-bond acceptors (Lipinski definition) is 3. The van der Waals surface area contributed by atoms with Crippen molar-refractivity contribution >= 4 is 0 Å². The van der Waals surface area contributed by atoms with E-state index in [1.165, 1.54) is 0 Å². The maximum Gasteiger partial charge on any atom is 0.161 e. The van der Waals surface area contributed by atoms with Crippen molar-refractivity contribution in [2.24, 2.45) is 5.73 Å². The molecule has 0 aliphatic carbocycles. The van der Waals surface area contributed by atoms with Crippen LogP contribution in [0.15, 0.2) is 24.3 Å². The van der Waals surface area contributed by atoms with Gasteiger partial charge in [0.1, 0.15) is 0 Å². The van der Waals surface area contributed by atoms with Crippen LogP contribution < -0.4 is 15.2 Å². The molecular formula is C14H23NO2. The van der Waals surface area contributed by atoms with Crippen LogP contribution in [0.1, 0.15) is 33.1 Å². The van der Waals surface area contributed by atoms with Gasteiger partial charge in [0.15, 0.2) is 11.5 Å². The number of nitrogens with two attached hydrogens (primary N) is 1. The second-order valence-corrected chi connectivity index (χ2v) is 4.15. The molecule has 0 saturated carbocycles. The van der Waals surface area contributed by atoms with Gasteiger partial charge in [0.2, 0.25) is 0 Å². The van der Waals surface area contributed by atoms with Gasteiger partial charge in [-0.15, -0.1) is 0 Å². The molecule has 0 aliphatic rings. The molecule has 2 N–H and O–H groups in total. The van der Waals surface area contributed by atoms with Crippen LogP contribution in [0.4, 0.5) is 0 Å². The molecule has 1 aromatic carbocycles. The Morgan fingerprint density at radius 3 is 2.59 bits per heavy atom. The summed E-state index contributed by atoms with van der Waals surface area (Å²) in [6.07, 6.45) is 3.12. The van der Waals surface area contributed by atoms with Crippen LogP contribution in [0.5, 0.6) is 11.5 Å². The molecule has 3 nitrogen and oxygen atoms in total. The van der Waals surface area contributed by atoms with Gasteiger partial charge in [0.05, 0.1) is 12.7 Å². The van der Waals surface area contributed by atoms with E-state index in [0.29, 0.717) is 6.54 Å². The van der Waals surface area contributed by atoms with Crippen LogP contribution in [0, 0.1) is 0 Å². The molecule has 0 fully saturated rings. The lowest BCUT2D eigenvalue weighted by atomic mass is 10.2. The lowest BCUT2D eigenvalue weighted by Crippen LogP contribution is -2.14. The van der Waals surface area contributed by atoms with Crippen molar-refractivity contribution < 1.29 is 9.47 Å². The Labute approximate surface area is 104 Å². The Morgan fingerprint density at radius 2 is 1.94 bits per heavy atom. The van der Waals surface area contributed by atoms with E-state index in [4.69, 9.17) is 15.2 Å². The van der Waals surface area contributed by atoms with Crippen LogP contribution in [-0.2, 0) is 0 Å². The normalized spacial score (nSPS) is 12.2. The molecule has 0 amide bonds. The lowest BCUT2D eigenvalue weighted by molar-refractivity contribution is 0.194. The van der Waals surface area contributed by atoms with Crippen molar-refractivity contribution in [3.05, 3.63) is 24.3 Å². The Morgan fingerprint density at radius 1 is 1.24 bits per heavy atom. The SMILES string of the molecule is CCCOc1ccccc1OC(C)CCCN. The fraction of sp³-hybridized carbons (Fsp3) is 0.571. The average Bonchev–Trinajstić information content (AvgIpc) is 2.35. The van der Waals surface area contributed by atoms with Crippen molar-refractivity contribution in [2.75, 3.05) is 13.2 Å². The standard InChI is InChI=1S/C14H23NO2/c1-3-11-16-13-8-4-5-9-14(13)17-12(2)7-6-10-15/h4-5,8-9,12H,3,6-7,10-11,15H2,1-2H3. The van der Waals surface area contributed by atoms with E-state index in [1.54, 1.807) is 0 Å². The van der Waals surface area contributed by atoms with Gasteiger partial charge in [0, 0.05) is 0 Å². The van der Waals surface area contributed by atoms with Gasteiger partial charge in [-0.1, -0.05) is 19.1 Å². The fourth-order valence-corrected chi connectivity index (χ4v) is 1.56. The highest BCUT2D eigenvalue weighted by Crippen LogP contribution is 2.28. The molecule has 0 heterocycles. The summed E-state index contributed by atoms with van der Waals surface area (Å²) >= 11 is 0.